The van der Waals surface area contributed by atoms with Crippen molar-refractivity contribution < 1.29 is 23.1 Å². The van der Waals surface area contributed by atoms with Gasteiger partial charge in [-0.25, -0.2) is 13.2 Å². The number of rotatable bonds is 9. The first kappa shape index (κ1) is 25.8. The van der Waals surface area contributed by atoms with Crippen LogP contribution in [0, 0.1) is 0 Å². The molecule has 186 valence electrons. The zero-order chi connectivity index (χ0) is 24.8. The molecular weight excluding hydrogens is 456 g/mol. The number of hydrogen-bond acceptors (Lipinski definition) is 6. The fourth-order valence-electron chi connectivity index (χ4n) is 3.63. The molecule has 1 fully saturated rings. The van der Waals surface area contributed by atoms with Gasteiger partial charge in [0.2, 0.25) is 10.0 Å². The fraction of sp³-hybridized carbons (Fsp3) is 0.458. The van der Waals surface area contributed by atoms with Gasteiger partial charge in [-0.1, -0.05) is 12.1 Å². The average molecular weight is 491 g/mol. The zero-order valence-corrected chi connectivity index (χ0v) is 20.7. The van der Waals surface area contributed by atoms with Crippen molar-refractivity contribution in [1.29, 1.82) is 0 Å². The van der Waals surface area contributed by atoms with Gasteiger partial charge in [0, 0.05) is 37.9 Å². The first-order valence-electron chi connectivity index (χ1n) is 11.3. The highest BCUT2D eigenvalue weighted by Gasteiger charge is 2.21. The highest BCUT2D eigenvalue weighted by atomic mass is 32.2. The van der Waals surface area contributed by atoms with Crippen LogP contribution in [0.15, 0.2) is 48.5 Å². The van der Waals surface area contributed by atoms with Gasteiger partial charge < -0.3 is 20.5 Å². The van der Waals surface area contributed by atoms with Crippen LogP contribution in [0.4, 0.5) is 10.5 Å². The van der Waals surface area contributed by atoms with E-state index in [1.165, 1.54) is 5.56 Å². The Morgan fingerprint density at radius 1 is 1.06 bits per heavy atom. The highest BCUT2D eigenvalue weighted by Crippen LogP contribution is 2.24. The van der Waals surface area contributed by atoms with Crippen LogP contribution in [0.2, 0.25) is 0 Å². The van der Waals surface area contributed by atoms with E-state index in [1.807, 2.05) is 24.3 Å². The molecular formula is C24H34N4O5S. The largest absolute Gasteiger partial charge is 0.457 e. The number of nitrogens with zero attached hydrogens (tertiary/aromatic N) is 1. The average Bonchev–Trinajstić information content (AvgIpc) is 2.75. The molecule has 10 heteroatoms. The normalized spacial score (nSPS) is 15.5. The summed E-state index contributed by atoms with van der Waals surface area (Å²) in [7, 11) is -3.31. The number of benzene rings is 2. The zero-order valence-electron chi connectivity index (χ0n) is 19.9. The SMILES string of the molecule is CC(C)(O)CNC(=O)NC1CCN(Cc2ccc(Oc3ccc(NS(C)(=O)=O)cc3)cc2)CC1. The van der Waals surface area contributed by atoms with Crippen LogP contribution in [-0.4, -0.2) is 62.0 Å². The Labute approximate surface area is 201 Å². The topological polar surface area (TPSA) is 120 Å². The van der Waals surface area contributed by atoms with Crippen LogP contribution in [0.3, 0.4) is 0 Å². The summed E-state index contributed by atoms with van der Waals surface area (Å²) in [5, 5.41) is 15.4. The minimum Gasteiger partial charge on any atom is -0.457 e. The number of piperidine rings is 1. The molecule has 0 spiro atoms. The van der Waals surface area contributed by atoms with Gasteiger partial charge in [-0.05, 0) is 68.7 Å². The molecule has 0 atom stereocenters. The van der Waals surface area contributed by atoms with Crippen LogP contribution >= 0.6 is 0 Å². The minimum atomic E-state index is -3.31. The number of nitrogens with one attached hydrogen (secondary N) is 3. The number of ether oxygens (including phenoxy) is 1. The van der Waals surface area contributed by atoms with Gasteiger partial charge in [-0.3, -0.25) is 9.62 Å². The molecule has 1 aliphatic rings. The Morgan fingerprint density at radius 2 is 1.62 bits per heavy atom. The van der Waals surface area contributed by atoms with Crippen molar-refractivity contribution >= 4 is 21.7 Å². The van der Waals surface area contributed by atoms with Crippen LogP contribution in [0.1, 0.15) is 32.3 Å². The second kappa shape index (κ2) is 11.1. The Morgan fingerprint density at radius 3 is 2.15 bits per heavy atom. The van der Waals surface area contributed by atoms with E-state index in [9.17, 15) is 18.3 Å². The first-order chi connectivity index (χ1) is 15.9. The summed E-state index contributed by atoms with van der Waals surface area (Å²) in [4.78, 5) is 14.3. The predicted molar refractivity (Wildman–Crippen MR) is 133 cm³/mol. The van der Waals surface area contributed by atoms with Crippen molar-refractivity contribution in [1.82, 2.24) is 15.5 Å². The summed E-state index contributed by atoms with van der Waals surface area (Å²) in [6.45, 7) is 6.13. The molecule has 1 heterocycles. The molecule has 0 radical (unpaired) electrons. The Balaban J connectivity index is 1.42. The van der Waals surface area contributed by atoms with E-state index in [-0.39, 0.29) is 18.6 Å². The van der Waals surface area contributed by atoms with E-state index in [2.05, 4.69) is 20.3 Å². The number of amides is 2. The van der Waals surface area contributed by atoms with Crippen molar-refractivity contribution in [3.63, 3.8) is 0 Å². The second-order valence-electron chi connectivity index (χ2n) is 9.33. The van der Waals surface area contributed by atoms with Crippen molar-refractivity contribution in [2.45, 2.75) is 44.9 Å². The molecule has 0 unspecified atom stereocenters. The Bertz CT molecular complexity index is 1040. The van der Waals surface area contributed by atoms with Crippen molar-refractivity contribution in [2.24, 2.45) is 0 Å². The van der Waals surface area contributed by atoms with E-state index in [0.29, 0.717) is 17.2 Å². The molecule has 0 bridgehead atoms. The number of anilines is 1. The number of carbonyl (C=O) groups excluding carboxylic acids is 1. The molecule has 1 saturated heterocycles. The monoisotopic (exact) mass is 490 g/mol. The lowest BCUT2D eigenvalue weighted by Crippen LogP contribution is -2.50. The third-order valence-electron chi connectivity index (χ3n) is 5.33. The molecule has 0 aliphatic carbocycles. The van der Waals surface area contributed by atoms with E-state index < -0.39 is 15.6 Å². The number of likely N-dealkylation sites (tertiary alicyclic amines) is 1. The minimum absolute atomic E-state index is 0.132. The summed E-state index contributed by atoms with van der Waals surface area (Å²) in [5.74, 6) is 1.32. The van der Waals surface area contributed by atoms with Gasteiger partial charge in [0.25, 0.3) is 0 Å². The van der Waals surface area contributed by atoms with Crippen LogP contribution in [0.25, 0.3) is 0 Å². The third kappa shape index (κ3) is 9.20. The Hall–Kier alpha value is -2.82. The molecule has 1 aliphatic heterocycles. The van der Waals surface area contributed by atoms with Crippen LogP contribution in [0.5, 0.6) is 11.5 Å². The van der Waals surface area contributed by atoms with Crippen LogP contribution < -0.4 is 20.1 Å². The number of hydrogen-bond donors (Lipinski definition) is 4. The maximum atomic E-state index is 12.0. The molecule has 3 rings (SSSR count). The number of sulfonamides is 1. The predicted octanol–water partition coefficient (Wildman–Crippen LogP) is 2.88. The molecule has 0 aromatic heterocycles. The Kier molecular flexibility index (Phi) is 8.40. The quantitative estimate of drug-likeness (QED) is 0.429. The van der Waals surface area contributed by atoms with Gasteiger partial charge in [-0.15, -0.1) is 0 Å². The second-order valence-corrected chi connectivity index (χ2v) is 11.1. The highest BCUT2D eigenvalue weighted by molar-refractivity contribution is 7.92. The van der Waals surface area contributed by atoms with Crippen LogP contribution in [-0.2, 0) is 16.6 Å². The number of carbonyl (C=O) groups is 1. The van der Waals surface area contributed by atoms with E-state index in [0.717, 1.165) is 38.7 Å². The maximum Gasteiger partial charge on any atom is 0.315 e. The van der Waals surface area contributed by atoms with E-state index >= 15 is 0 Å². The maximum absolute atomic E-state index is 12.0. The van der Waals surface area contributed by atoms with Crippen molar-refractivity contribution in [2.75, 3.05) is 30.6 Å². The number of urea groups is 1. The summed E-state index contributed by atoms with van der Waals surface area (Å²) in [6.07, 6.45) is 2.86. The smallest absolute Gasteiger partial charge is 0.315 e. The van der Waals surface area contributed by atoms with E-state index in [1.54, 1.807) is 38.1 Å². The summed E-state index contributed by atoms with van der Waals surface area (Å²) >= 11 is 0. The van der Waals surface area contributed by atoms with E-state index in [4.69, 9.17) is 4.74 Å². The first-order valence-corrected chi connectivity index (χ1v) is 13.2. The molecule has 2 aromatic carbocycles. The lowest BCUT2D eigenvalue weighted by atomic mass is 10.0. The lowest BCUT2D eigenvalue weighted by Gasteiger charge is -2.32. The standard InChI is InChI=1S/C24H34N4O5S/c1-24(2,30)17-25-23(29)26-19-12-14-28(15-13-19)16-18-4-8-21(9-5-18)33-22-10-6-20(7-11-22)27-34(3,31)32/h4-11,19,27,30H,12-17H2,1-3H3,(H2,25,26,29). The lowest BCUT2D eigenvalue weighted by molar-refractivity contribution is 0.0815. The molecule has 0 saturated carbocycles. The van der Waals surface area contributed by atoms with Crippen molar-refractivity contribution in [3.8, 4) is 11.5 Å². The van der Waals surface area contributed by atoms with Gasteiger partial charge in [-0.2, -0.15) is 0 Å². The van der Waals surface area contributed by atoms with Gasteiger partial charge in [0.15, 0.2) is 0 Å². The van der Waals surface area contributed by atoms with Gasteiger partial charge in [0.05, 0.1) is 11.9 Å². The molecule has 4 N–H and O–H groups in total. The molecule has 9 nitrogen and oxygen atoms in total. The molecule has 2 aromatic rings. The third-order valence-corrected chi connectivity index (χ3v) is 5.93. The van der Waals surface area contributed by atoms with Gasteiger partial charge in [0.1, 0.15) is 11.5 Å². The molecule has 34 heavy (non-hydrogen) atoms. The summed E-state index contributed by atoms with van der Waals surface area (Å²) in [5.41, 5.74) is 0.733. The van der Waals surface area contributed by atoms with Crippen molar-refractivity contribution in [3.05, 3.63) is 54.1 Å². The number of aliphatic hydroxyl groups is 1. The molecule has 2 amide bonds. The fourth-order valence-corrected chi connectivity index (χ4v) is 4.19. The van der Waals surface area contributed by atoms with Gasteiger partial charge >= 0.3 is 6.03 Å². The summed E-state index contributed by atoms with van der Waals surface area (Å²) in [6, 6.07) is 14.5. The summed E-state index contributed by atoms with van der Waals surface area (Å²) < 4.78 is 30.9.